The Bertz CT molecular complexity index is 453. The Morgan fingerprint density at radius 3 is 2.72 bits per heavy atom. The van der Waals surface area contributed by atoms with Gasteiger partial charge < -0.3 is 10.6 Å². The predicted molar refractivity (Wildman–Crippen MR) is 70.8 cm³/mol. The molecule has 1 aromatic carbocycles. The minimum Gasteiger partial charge on any atom is -0.351 e. The minimum absolute atomic E-state index is 0.666. The van der Waals surface area contributed by atoms with Gasteiger partial charge >= 0.3 is 0 Å². The first kappa shape index (κ1) is 12.5. The molecule has 0 fully saturated rings. The molecule has 6 heteroatoms. The quantitative estimate of drug-likeness (QED) is 0.715. The van der Waals surface area contributed by atoms with Crippen LogP contribution in [0.5, 0.6) is 0 Å². The number of nitrogens with zero attached hydrogens (tertiary/aromatic N) is 4. The van der Waals surface area contributed by atoms with E-state index in [0.29, 0.717) is 5.95 Å². The molecule has 0 radical (unpaired) electrons. The van der Waals surface area contributed by atoms with E-state index >= 15 is 0 Å². The lowest BCUT2D eigenvalue weighted by Gasteiger charge is -2.07. The summed E-state index contributed by atoms with van der Waals surface area (Å²) in [7, 11) is 0. The number of nitrogens with one attached hydrogen (secondary N) is 2. The monoisotopic (exact) mass is 246 g/mol. The van der Waals surface area contributed by atoms with Crippen molar-refractivity contribution in [3.8, 4) is 5.69 Å². The lowest BCUT2D eigenvalue weighted by molar-refractivity contribution is 0.685. The Morgan fingerprint density at radius 2 is 1.94 bits per heavy atom. The van der Waals surface area contributed by atoms with Crippen LogP contribution < -0.4 is 10.6 Å². The summed E-state index contributed by atoms with van der Waals surface area (Å²) < 4.78 is 1.69. The molecule has 0 amide bonds. The lowest BCUT2D eigenvalue weighted by Crippen LogP contribution is -2.23. The van der Waals surface area contributed by atoms with Gasteiger partial charge in [-0.3, -0.25) is 0 Å². The molecule has 0 bridgehead atoms. The zero-order chi connectivity index (χ0) is 12.6. The van der Waals surface area contributed by atoms with Crippen LogP contribution in [0.25, 0.3) is 5.69 Å². The van der Waals surface area contributed by atoms with Gasteiger partial charge in [0.2, 0.25) is 5.95 Å². The van der Waals surface area contributed by atoms with Gasteiger partial charge in [0.1, 0.15) is 0 Å². The van der Waals surface area contributed by atoms with E-state index in [0.717, 1.165) is 31.7 Å². The summed E-state index contributed by atoms with van der Waals surface area (Å²) in [6.45, 7) is 4.88. The summed E-state index contributed by atoms with van der Waals surface area (Å²) in [6.07, 6.45) is 1.14. The van der Waals surface area contributed by atoms with Crippen LogP contribution in [0.4, 0.5) is 5.95 Å². The van der Waals surface area contributed by atoms with Gasteiger partial charge in [0, 0.05) is 13.1 Å². The summed E-state index contributed by atoms with van der Waals surface area (Å²) in [5, 5.41) is 18.2. The summed E-state index contributed by atoms with van der Waals surface area (Å²) in [5.74, 6) is 0.666. The fourth-order valence-corrected chi connectivity index (χ4v) is 1.60. The van der Waals surface area contributed by atoms with Gasteiger partial charge in [-0.15, -0.1) is 0 Å². The van der Waals surface area contributed by atoms with E-state index in [1.54, 1.807) is 4.68 Å². The second-order valence-electron chi connectivity index (χ2n) is 3.93. The van der Waals surface area contributed by atoms with E-state index in [4.69, 9.17) is 0 Å². The first-order chi connectivity index (χ1) is 8.92. The maximum Gasteiger partial charge on any atom is 0.247 e. The van der Waals surface area contributed by atoms with E-state index in [2.05, 4.69) is 33.1 Å². The first-order valence-corrected chi connectivity index (χ1v) is 6.20. The number of benzene rings is 1. The summed E-state index contributed by atoms with van der Waals surface area (Å²) in [4.78, 5) is 0. The van der Waals surface area contributed by atoms with Crippen LogP contribution in [-0.4, -0.2) is 39.8 Å². The van der Waals surface area contributed by atoms with Crippen LogP contribution in [0.1, 0.15) is 13.3 Å². The second-order valence-corrected chi connectivity index (χ2v) is 3.93. The van der Waals surface area contributed by atoms with Crippen LogP contribution >= 0.6 is 0 Å². The topological polar surface area (TPSA) is 67.7 Å². The van der Waals surface area contributed by atoms with Crippen molar-refractivity contribution in [1.82, 2.24) is 25.5 Å². The molecule has 0 aliphatic rings. The van der Waals surface area contributed by atoms with Gasteiger partial charge in [-0.2, -0.15) is 4.68 Å². The van der Waals surface area contributed by atoms with Crippen molar-refractivity contribution in [2.24, 2.45) is 0 Å². The Morgan fingerprint density at radius 1 is 1.11 bits per heavy atom. The third-order valence-electron chi connectivity index (χ3n) is 2.48. The van der Waals surface area contributed by atoms with E-state index in [1.807, 2.05) is 30.3 Å². The molecule has 6 nitrogen and oxygen atoms in total. The Hall–Kier alpha value is -1.95. The average Bonchev–Trinajstić information content (AvgIpc) is 2.88. The van der Waals surface area contributed by atoms with E-state index < -0.39 is 0 Å². The van der Waals surface area contributed by atoms with Crippen LogP contribution in [0.15, 0.2) is 30.3 Å². The molecule has 0 unspecified atom stereocenters. The predicted octanol–water partition coefficient (Wildman–Crippen LogP) is 1.07. The number of hydrogen-bond donors (Lipinski definition) is 2. The number of tetrazole rings is 1. The lowest BCUT2D eigenvalue weighted by atomic mass is 10.3. The summed E-state index contributed by atoms with van der Waals surface area (Å²) in [6, 6.07) is 9.83. The van der Waals surface area contributed by atoms with Crippen LogP contribution in [-0.2, 0) is 0 Å². The van der Waals surface area contributed by atoms with Gasteiger partial charge in [0.25, 0.3) is 0 Å². The fraction of sp³-hybridized carbons (Fsp3) is 0.417. The van der Waals surface area contributed by atoms with Gasteiger partial charge in [0.05, 0.1) is 5.69 Å². The van der Waals surface area contributed by atoms with Gasteiger partial charge in [-0.05, 0) is 35.5 Å². The molecule has 0 spiro atoms. The van der Waals surface area contributed by atoms with Gasteiger partial charge in [-0.1, -0.05) is 30.2 Å². The van der Waals surface area contributed by atoms with Crippen molar-refractivity contribution in [2.75, 3.05) is 25.0 Å². The highest BCUT2D eigenvalue weighted by Crippen LogP contribution is 2.09. The van der Waals surface area contributed by atoms with Crippen molar-refractivity contribution in [3.63, 3.8) is 0 Å². The van der Waals surface area contributed by atoms with Crippen molar-refractivity contribution < 1.29 is 0 Å². The molecule has 2 aromatic rings. The third-order valence-corrected chi connectivity index (χ3v) is 2.48. The molecule has 2 rings (SSSR count). The first-order valence-electron chi connectivity index (χ1n) is 6.20. The highest BCUT2D eigenvalue weighted by atomic mass is 15.6. The molecule has 18 heavy (non-hydrogen) atoms. The molecule has 96 valence electrons. The molecule has 0 saturated carbocycles. The Balaban J connectivity index is 1.92. The van der Waals surface area contributed by atoms with Crippen molar-refractivity contribution >= 4 is 5.95 Å². The number of rotatable bonds is 7. The molecule has 0 atom stereocenters. The van der Waals surface area contributed by atoms with E-state index in [1.165, 1.54) is 0 Å². The van der Waals surface area contributed by atoms with E-state index in [-0.39, 0.29) is 0 Å². The average molecular weight is 246 g/mol. The molecular weight excluding hydrogens is 228 g/mol. The highest BCUT2D eigenvalue weighted by Gasteiger charge is 2.06. The summed E-state index contributed by atoms with van der Waals surface area (Å²) >= 11 is 0. The number of para-hydroxylation sites is 1. The van der Waals surface area contributed by atoms with Crippen LogP contribution in [0.3, 0.4) is 0 Å². The fourth-order valence-electron chi connectivity index (χ4n) is 1.60. The maximum atomic E-state index is 3.97. The maximum absolute atomic E-state index is 3.97. The third kappa shape index (κ3) is 3.27. The largest absolute Gasteiger partial charge is 0.351 e. The number of anilines is 1. The van der Waals surface area contributed by atoms with Gasteiger partial charge in [-0.25, -0.2) is 0 Å². The minimum atomic E-state index is 0.666. The van der Waals surface area contributed by atoms with E-state index in [9.17, 15) is 0 Å². The Labute approximate surface area is 106 Å². The SMILES string of the molecule is CCCNCCNc1nnnn1-c1ccccc1. The smallest absolute Gasteiger partial charge is 0.247 e. The summed E-state index contributed by atoms with van der Waals surface area (Å²) in [5.41, 5.74) is 0.950. The molecule has 1 heterocycles. The van der Waals surface area contributed by atoms with Crippen molar-refractivity contribution in [2.45, 2.75) is 13.3 Å². The number of aromatic nitrogens is 4. The zero-order valence-corrected chi connectivity index (χ0v) is 10.5. The van der Waals surface area contributed by atoms with Crippen LogP contribution in [0.2, 0.25) is 0 Å². The highest BCUT2D eigenvalue weighted by molar-refractivity contribution is 5.38. The second kappa shape index (κ2) is 6.70. The normalized spacial score (nSPS) is 10.5. The van der Waals surface area contributed by atoms with Crippen LogP contribution in [0, 0.1) is 0 Å². The Kier molecular flexibility index (Phi) is 4.66. The molecule has 0 aliphatic heterocycles. The molecule has 0 aliphatic carbocycles. The molecule has 1 aromatic heterocycles. The van der Waals surface area contributed by atoms with Crippen molar-refractivity contribution in [1.29, 1.82) is 0 Å². The standard InChI is InChI=1S/C12H18N6/c1-2-8-13-9-10-14-12-15-16-17-18(12)11-6-4-3-5-7-11/h3-7,13H,2,8-10H2,1H3,(H,14,15,17). The van der Waals surface area contributed by atoms with Gasteiger partial charge in [0.15, 0.2) is 0 Å². The van der Waals surface area contributed by atoms with Crippen molar-refractivity contribution in [3.05, 3.63) is 30.3 Å². The molecular formula is C12H18N6. The molecule has 2 N–H and O–H groups in total. The number of hydrogen-bond acceptors (Lipinski definition) is 5. The zero-order valence-electron chi connectivity index (χ0n) is 10.5. The molecule has 0 saturated heterocycles.